The van der Waals surface area contributed by atoms with Crippen LogP contribution in [0.15, 0.2) is 53.0 Å². The van der Waals surface area contributed by atoms with Gasteiger partial charge in [-0.3, -0.25) is 14.4 Å². The summed E-state index contributed by atoms with van der Waals surface area (Å²) in [5.41, 5.74) is 1.80. The summed E-state index contributed by atoms with van der Waals surface area (Å²) in [6, 6.07) is 14.0. The molecule has 1 aliphatic heterocycles. The number of carbonyl (C=O) groups excluding carboxylic acids is 3. The first-order valence-electron chi connectivity index (χ1n) is 9.72. The molecule has 152 valence electrons. The van der Waals surface area contributed by atoms with Crippen molar-refractivity contribution in [2.24, 2.45) is 5.92 Å². The highest BCUT2D eigenvalue weighted by Crippen LogP contribution is 2.21. The number of hydrogen-bond donors (Lipinski definition) is 2. The molecule has 6 nitrogen and oxygen atoms in total. The molecule has 3 rings (SSSR count). The van der Waals surface area contributed by atoms with Gasteiger partial charge in [-0.05, 0) is 55.0 Å². The number of unbranched alkanes of at least 4 members (excludes halogenated alkanes) is 1. The lowest BCUT2D eigenvalue weighted by Crippen LogP contribution is -2.29. The van der Waals surface area contributed by atoms with E-state index < -0.39 is 0 Å². The molecule has 2 N–H and O–H groups in total. The van der Waals surface area contributed by atoms with E-state index in [-0.39, 0.29) is 30.1 Å². The number of anilines is 2. The molecule has 1 atom stereocenters. The molecule has 2 aromatic carbocycles. The van der Waals surface area contributed by atoms with E-state index in [1.807, 2.05) is 24.3 Å². The van der Waals surface area contributed by atoms with Crippen LogP contribution >= 0.6 is 15.9 Å². The van der Waals surface area contributed by atoms with Gasteiger partial charge in [0.25, 0.3) is 5.91 Å². The first kappa shape index (κ1) is 21.0. The largest absolute Gasteiger partial charge is 0.342 e. The molecule has 0 unspecified atom stereocenters. The molecular weight excluding hydrogens is 434 g/mol. The summed E-state index contributed by atoms with van der Waals surface area (Å²) in [5.74, 6) is -0.680. The summed E-state index contributed by atoms with van der Waals surface area (Å²) >= 11 is 3.36. The van der Waals surface area contributed by atoms with E-state index in [9.17, 15) is 14.4 Å². The maximum Gasteiger partial charge on any atom is 0.255 e. The number of likely N-dealkylation sites (tertiary alicyclic amines) is 1. The average Bonchev–Trinajstić information content (AvgIpc) is 3.09. The van der Waals surface area contributed by atoms with E-state index in [1.165, 1.54) is 0 Å². The summed E-state index contributed by atoms with van der Waals surface area (Å²) in [4.78, 5) is 38.6. The van der Waals surface area contributed by atoms with Gasteiger partial charge in [0, 0.05) is 40.9 Å². The van der Waals surface area contributed by atoms with Crippen LogP contribution in [-0.4, -0.2) is 35.7 Å². The zero-order valence-corrected chi connectivity index (χ0v) is 17.9. The number of nitrogens with one attached hydrogen (secondary N) is 2. The number of hydrogen-bond acceptors (Lipinski definition) is 3. The Kier molecular flexibility index (Phi) is 7.04. The number of rotatable bonds is 7. The Hall–Kier alpha value is -2.67. The van der Waals surface area contributed by atoms with Gasteiger partial charge in [-0.15, -0.1) is 0 Å². The van der Waals surface area contributed by atoms with E-state index in [0.29, 0.717) is 30.0 Å². The normalized spacial score (nSPS) is 16.0. The molecule has 29 heavy (non-hydrogen) atoms. The lowest BCUT2D eigenvalue weighted by Gasteiger charge is -2.16. The minimum atomic E-state index is -0.334. The van der Waals surface area contributed by atoms with Crippen molar-refractivity contribution in [1.82, 2.24) is 4.90 Å². The SMILES string of the molecule is CCCCN1C[C@@H](C(=O)Nc2ccc(C(=O)Nc3ccc(Br)cc3)cc2)CC1=O. The molecule has 1 heterocycles. The second-order valence-corrected chi connectivity index (χ2v) is 8.04. The minimum absolute atomic E-state index is 0.0403. The van der Waals surface area contributed by atoms with Crippen molar-refractivity contribution in [3.8, 4) is 0 Å². The van der Waals surface area contributed by atoms with Crippen LogP contribution in [0.5, 0.6) is 0 Å². The minimum Gasteiger partial charge on any atom is -0.342 e. The highest BCUT2D eigenvalue weighted by Gasteiger charge is 2.33. The smallest absolute Gasteiger partial charge is 0.255 e. The number of halogens is 1. The summed E-state index contributed by atoms with van der Waals surface area (Å²) < 4.78 is 0.938. The topological polar surface area (TPSA) is 78.5 Å². The molecule has 1 aliphatic rings. The van der Waals surface area contributed by atoms with Crippen LogP contribution < -0.4 is 10.6 Å². The Morgan fingerprint density at radius 2 is 1.66 bits per heavy atom. The number of nitrogens with zero attached hydrogens (tertiary/aromatic N) is 1. The fraction of sp³-hybridized carbons (Fsp3) is 0.318. The zero-order chi connectivity index (χ0) is 20.8. The molecule has 7 heteroatoms. The summed E-state index contributed by atoms with van der Waals surface area (Å²) in [6.07, 6.45) is 2.22. The first-order chi connectivity index (χ1) is 14.0. The van der Waals surface area contributed by atoms with Crippen molar-refractivity contribution in [3.05, 3.63) is 58.6 Å². The Morgan fingerprint density at radius 1 is 1.03 bits per heavy atom. The average molecular weight is 458 g/mol. The molecule has 1 saturated heterocycles. The summed E-state index contributed by atoms with van der Waals surface area (Å²) in [6.45, 7) is 3.26. The number of amides is 3. The molecule has 3 amide bonds. The number of benzene rings is 2. The van der Waals surface area contributed by atoms with Crippen LogP contribution in [0.1, 0.15) is 36.5 Å². The predicted molar refractivity (Wildman–Crippen MR) is 117 cm³/mol. The van der Waals surface area contributed by atoms with Crippen molar-refractivity contribution in [1.29, 1.82) is 0 Å². The van der Waals surface area contributed by atoms with E-state index >= 15 is 0 Å². The third-order valence-electron chi connectivity index (χ3n) is 4.88. The van der Waals surface area contributed by atoms with Gasteiger partial charge in [0.15, 0.2) is 0 Å². The third kappa shape index (κ3) is 5.67. The second kappa shape index (κ2) is 9.69. The van der Waals surface area contributed by atoms with Crippen molar-refractivity contribution >= 4 is 45.0 Å². The molecular formula is C22H24BrN3O3. The van der Waals surface area contributed by atoms with Crippen LogP contribution in [0.25, 0.3) is 0 Å². The third-order valence-corrected chi connectivity index (χ3v) is 5.41. The van der Waals surface area contributed by atoms with E-state index in [1.54, 1.807) is 29.2 Å². The van der Waals surface area contributed by atoms with Crippen LogP contribution in [-0.2, 0) is 9.59 Å². The monoisotopic (exact) mass is 457 g/mol. The Labute approximate surface area is 178 Å². The van der Waals surface area contributed by atoms with Crippen LogP contribution in [0.3, 0.4) is 0 Å². The van der Waals surface area contributed by atoms with E-state index in [0.717, 1.165) is 17.3 Å². The molecule has 0 saturated carbocycles. The maximum absolute atomic E-state index is 12.5. The van der Waals surface area contributed by atoms with E-state index in [4.69, 9.17) is 0 Å². The van der Waals surface area contributed by atoms with Gasteiger partial charge in [0.2, 0.25) is 11.8 Å². The van der Waals surface area contributed by atoms with Gasteiger partial charge in [0.1, 0.15) is 0 Å². The highest BCUT2D eigenvalue weighted by atomic mass is 79.9. The summed E-state index contributed by atoms with van der Waals surface area (Å²) in [5, 5.41) is 5.68. The summed E-state index contributed by atoms with van der Waals surface area (Å²) in [7, 11) is 0. The van der Waals surface area contributed by atoms with Gasteiger partial charge in [-0.1, -0.05) is 29.3 Å². The number of carbonyl (C=O) groups is 3. The molecule has 2 aromatic rings. The fourth-order valence-corrected chi connectivity index (χ4v) is 3.46. The highest BCUT2D eigenvalue weighted by molar-refractivity contribution is 9.10. The van der Waals surface area contributed by atoms with Crippen molar-refractivity contribution < 1.29 is 14.4 Å². The lowest BCUT2D eigenvalue weighted by atomic mass is 10.1. The molecule has 0 bridgehead atoms. The van der Waals surface area contributed by atoms with Crippen LogP contribution in [0, 0.1) is 5.92 Å². The van der Waals surface area contributed by atoms with Gasteiger partial charge in [-0.25, -0.2) is 0 Å². The molecule has 0 aromatic heterocycles. The van der Waals surface area contributed by atoms with Crippen molar-refractivity contribution in [3.63, 3.8) is 0 Å². The fourth-order valence-electron chi connectivity index (χ4n) is 3.20. The quantitative estimate of drug-likeness (QED) is 0.650. The van der Waals surface area contributed by atoms with Crippen LogP contribution in [0.2, 0.25) is 0 Å². The van der Waals surface area contributed by atoms with Crippen LogP contribution in [0.4, 0.5) is 11.4 Å². The maximum atomic E-state index is 12.5. The molecule has 0 radical (unpaired) electrons. The Bertz CT molecular complexity index is 881. The zero-order valence-electron chi connectivity index (χ0n) is 16.3. The standard InChI is InChI=1S/C22H24BrN3O3/c1-2-3-12-26-14-16(13-20(26)27)22(29)25-18-8-4-15(5-9-18)21(28)24-19-10-6-17(23)7-11-19/h4-11,16H,2-3,12-14H2,1H3,(H,24,28)(H,25,29)/t16-/m0/s1. The van der Waals surface area contributed by atoms with Gasteiger partial charge < -0.3 is 15.5 Å². The van der Waals surface area contributed by atoms with Gasteiger partial charge >= 0.3 is 0 Å². The predicted octanol–water partition coefficient (Wildman–Crippen LogP) is 4.29. The lowest BCUT2D eigenvalue weighted by molar-refractivity contribution is -0.128. The molecule has 1 fully saturated rings. The van der Waals surface area contributed by atoms with E-state index in [2.05, 4.69) is 33.5 Å². The Balaban J connectivity index is 1.55. The first-order valence-corrected chi connectivity index (χ1v) is 10.5. The van der Waals surface area contributed by atoms with Gasteiger partial charge in [-0.2, -0.15) is 0 Å². The van der Waals surface area contributed by atoms with Crippen molar-refractivity contribution in [2.75, 3.05) is 23.7 Å². The van der Waals surface area contributed by atoms with Gasteiger partial charge in [0.05, 0.1) is 5.92 Å². The second-order valence-electron chi connectivity index (χ2n) is 7.12. The molecule has 0 aliphatic carbocycles. The molecule has 0 spiro atoms. The van der Waals surface area contributed by atoms with Crippen molar-refractivity contribution in [2.45, 2.75) is 26.2 Å². The Morgan fingerprint density at radius 3 is 2.31 bits per heavy atom.